The van der Waals surface area contributed by atoms with E-state index in [-0.39, 0.29) is 18.1 Å². The molecule has 0 radical (unpaired) electrons. The van der Waals surface area contributed by atoms with E-state index < -0.39 is 0 Å². The van der Waals surface area contributed by atoms with Gasteiger partial charge in [0, 0.05) is 31.9 Å². The minimum atomic E-state index is -0.268. The Balaban J connectivity index is 1.69. The molecule has 2 atom stereocenters. The van der Waals surface area contributed by atoms with Crippen molar-refractivity contribution >= 4 is 18.5 Å². The van der Waals surface area contributed by atoms with Gasteiger partial charge in [-0.1, -0.05) is 0 Å². The topological polar surface area (TPSA) is 50.8 Å². The second-order valence-electron chi connectivity index (χ2n) is 4.75. The fraction of sp³-hybridized carbons (Fsp3) is 0.917. The zero-order valence-corrected chi connectivity index (χ0v) is 11.5. The first-order valence-electron chi connectivity index (χ1n) is 6.63. The SMILES string of the molecule is O=C(NCCS)[C@@H]1CC[C@H](CN2CCOCC2)O1. The molecule has 1 amide bonds. The maximum atomic E-state index is 11.7. The molecule has 0 bridgehead atoms. The maximum Gasteiger partial charge on any atom is 0.249 e. The number of morpholine rings is 1. The molecule has 18 heavy (non-hydrogen) atoms. The van der Waals surface area contributed by atoms with E-state index in [1.54, 1.807) is 0 Å². The molecule has 1 N–H and O–H groups in total. The fourth-order valence-electron chi connectivity index (χ4n) is 2.40. The molecule has 2 aliphatic rings. The third kappa shape index (κ3) is 4.12. The van der Waals surface area contributed by atoms with Crippen LogP contribution in [-0.4, -0.2) is 68.2 Å². The average Bonchev–Trinajstić information content (AvgIpc) is 2.86. The van der Waals surface area contributed by atoms with Crippen LogP contribution < -0.4 is 5.32 Å². The standard InChI is InChI=1S/C12H22N2O3S/c15-12(13-3-8-18)11-2-1-10(17-11)9-14-4-6-16-7-5-14/h10-11,18H,1-9H2,(H,13,15)/t10-,11+/m1/s1. The number of amides is 1. The molecule has 5 nitrogen and oxygen atoms in total. The molecule has 2 rings (SSSR count). The van der Waals surface area contributed by atoms with Gasteiger partial charge in [-0.15, -0.1) is 0 Å². The van der Waals surface area contributed by atoms with Crippen LogP contribution in [0.4, 0.5) is 0 Å². The van der Waals surface area contributed by atoms with Crippen molar-refractivity contribution in [1.29, 1.82) is 0 Å². The summed E-state index contributed by atoms with van der Waals surface area (Å²) in [5, 5.41) is 2.82. The van der Waals surface area contributed by atoms with E-state index in [9.17, 15) is 4.79 Å². The van der Waals surface area contributed by atoms with Gasteiger partial charge in [-0.3, -0.25) is 9.69 Å². The van der Waals surface area contributed by atoms with Crippen LogP contribution in [0.15, 0.2) is 0 Å². The number of hydrogen-bond acceptors (Lipinski definition) is 5. The van der Waals surface area contributed by atoms with Crippen LogP contribution in [0, 0.1) is 0 Å². The Morgan fingerprint density at radius 2 is 2.11 bits per heavy atom. The highest BCUT2D eigenvalue weighted by Crippen LogP contribution is 2.21. The lowest BCUT2D eigenvalue weighted by Crippen LogP contribution is -2.42. The predicted octanol–water partition coefficient (Wildman–Crippen LogP) is -0.0878. The van der Waals surface area contributed by atoms with Gasteiger partial charge in [0.2, 0.25) is 5.91 Å². The highest BCUT2D eigenvalue weighted by atomic mass is 32.1. The average molecular weight is 274 g/mol. The summed E-state index contributed by atoms with van der Waals surface area (Å²) >= 11 is 4.07. The van der Waals surface area contributed by atoms with Crippen molar-refractivity contribution in [3.05, 3.63) is 0 Å². The molecule has 6 heteroatoms. The molecule has 0 unspecified atom stereocenters. The van der Waals surface area contributed by atoms with Gasteiger partial charge in [0.25, 0.3) is 0 Å². The number of ether oxygens (including phenoxy) is 2. The second kappa shape index (κ2) is 7.33. The molecule has 2 aliphatic heterocycles. The van der Waals surface area contributed by atoms with E-state index in [4.69, 9.17) is 9.47 Å². The summed E-state index contributed by atoms with van der Waals surface area (Å²) in [5.41, 5.74) is 0. The molecule has 2 saturated heterocycles. The van der Waals surface area contributed by atoms with Crippen LogP contribution in [-0.2, 0) is 14.3 Å². The predicted molar refractivity (Wildman–Crippen MR) is 72.0 cm³/mol. The van der Waals surface area contributed by atoms with E-state index in [0.29, 0.717) is 12.3 Å². The minimum Gasteiger partial charge on any atom is -0.379 e. The summed E-state index contributed by atoms with van der Waals surface area (Å²) in [6.07, 6.45) is 1.72. The Labute approximate surface area is 114 Å². The highest BCUT2D eigenvalue weighted by molar-refractivity contribution is 7.80. The molecule has 104 valence electrons. The van der Waals surface area contributed by atoms with Gasteiger partial charge in [0.1, 0.15) is 6.10 Å². The maximum absolute atomic E-state index is 11.7. The van der Waals surface area contributed by atoms with E-state index in [1.807, 2.05) is 0 Å². The third-order valence-corrected chi connectivity index (χ3v) is 3.60. The summed E-state index contributed by atoms with van der Waals surface area (Å²) in [6, 6.07) is 0. The van der Waals surface area contributed by atoms with Crippen molar-refractivity contribution in [1.82, 2.24) is 10.2 Å². The first kappa shape index (κ1) is 14.1. The molecular formula is C12H22N2O3S. The molecule has 0 aromatic carbocycles. The number of thiol groups is 1. The Hall–Kier alpha value is -0.300. The lowest BCUT2D eigenvalue weighted by atomic mass is 10.2. The van der Waals surface area contributed by atoms with Gasteiger partial charge < -0.3 is 14.8 Å². The van der Waals surface area contributed by atoms with Crippen LogP contribution in [0.25, 0.3) is 0 Å². The molecule has 2 heterocycles. The van der Waals surface area contributed by atoms with Crippen LogP contribution in [0.5, 0.6) is 0 Å². The molecule has 2 fully saturated rings. The van der Waals surface area contributed by atoms with Crippen molar-refractivity contribution in [2.75, 3.05) is 45.1 Å². The lowest BCUT2D eigenvalue weighted by molar-refractivity contribution is -0.132. The van der Waals surface area contributed by atoms with Crippen molar-refractivity contribution in [2.45, 2.75) is 25.0 Å². The van der Waals surface area contributed by atoms with E-state index in [0.717, 1.165) is 45.7 Å². The van der Waals surface area contributed by atoms with Crippen LogP contribution in [0.1, 0.15) is 12.8 Å². The van der Waals surface area contributed by atoms with Gasteiger partial charge >= 0.3 is 0 Å². The minimum absolute atomic E-state index is 0.00790. The van der Waals surface area contributed by atoms with Crippen molar-refractivity contribution in [2.24, 2.45) is 0 Å². The molecule has 0 aliphatic carbocycles. The number of rotatable bonds is 5. The van der Waals surface area contributed by atoms with Gasteiger partial charge in [-0.05, 0) is 12.8 Å². The Kier molecular flexibility index (Phi) is 5.75. The summed E-state index contributed by atoms with van der Waals surface area (Å²) in [5.74, 6) is 0.670. The zero-order valence-electron chi connectivity index (χ0n) is 10.6. The fourth-order valence-corrected chi connectivity index (χ4v) is 2.51. The van der Waals surface area contributed by atoms with E-state index in [1.165, 1.54) is 0 Å². The van der Waals surface area contributed by atoms with Gasteiger partial charge in [0.05, 0.1) is 19.3 Å². The normalized spacial score (nSPS) is 29.4. The largest absolute Gasteiger partial charge is 0.379 e. The van der Waals surface area contributed by atoms with Crippen molar-refractivity contribution < 1.29 is 14.3 Å². The molecule has 0 aromatic heterocycles. The summed E-state index contributed by atoms with van der Waals surface area (Å²) in [7, 11) is 0. The van der Waals surface area contributed by atoms with Gasteiger partial charge in [-0.2, -0.15) is 12.6 Å². The van der Waals surface area contributed by atoms with Crippen molar-refractivity contribution in [3.8, 4) is 0 Å². The Morgan fingerprint density at radius 3 is 2.83 bits per heavy atom. The summed E-state index contributed by atoms with van der Waals surface area (Å²) in [6.45, 7) is 5.07. The Bertz CT molecular complexity index is 272. The number of nitrogens with one attached hydrogen (secondary N) is 1. The number of nitrogens with zero attached hydrogens (tertiary/aromatic N) is 1. The molecular weight excluding hydrogens is 252 g/mol. The van der Waals surface area contributed by atoms with Crippen LogP contribution >= 0.6 is 12.6 Å². The molecule has 0 spiro atoms. The highest BCUT2D eigenvalue weighted by Gasteiger charge is 2.31. The van der Waals surface area contributed by atoms with Crippen LogP contribution in [0.2, 0.25) is 0 Å². The number of carbonyl (C=O) groups is 1. The number of carbonyl (C=O) groups excluding carboxylic acids is 1. The second-order valence-corrected chi connectivity index (χ2v) is 5.20. The van der Waals surface area contributed by atoms with Crippen molar-refractivity contribution in [3.63, 3.8) is 0 Å². The van der Waals surface area contributed by atoms with Gasteiger partial charge in [0.15, 0.2) is 0 Å². The summed E-state index contributed by atoms with van der Waals surface area (Å²) in [4.78, 5) is 14.1. The molecule has 0 saturated carbocycles. The van der Waals surface area contributed by atoms with E-state index >= 15 is 0 Å². The Morgan fingerprint density at radius 1 is 1.33 bits per heavy atom. The quantitative estimate of drug-likeness (QED) is 0.688. The lowest BCUT2D eigenvalue weighted by Gasteiger charge is -2.28. The third-order valence-electron chi connectivity index (χ3n) is 3.38. The van der Waals surface area contributed by atoms with Crippen LogP contribution in [0.3, 0.4) is 0 Å². The van der Waals surface area contributed by atoms with Gasteiger partial charge in [-0.25, -0.2) is 0 Å². The molecule has 0 aromatic rings. The zero-order chi connectivity index (χ0) is 12.8. The monoisotopic (exact) mass is 274 g/mol. The number of hydrogen-bond donors (Lipinski definition) is 2. The first-order valence-corrected chi connectivity index (χ1v) is 7.27. The summed E-state index contributed by atoms with van der Waals surface area (Å²) < 4.78 is 11.1. The smallest absolute Gasteiger partial charge is 0.249 e. The van der Waals surface area contributed by atoms with E-state index in [2.05, 4.69) is 22.8 Å². The first-order chi connectivity index (χ1) is 8.79.